The molecule has 3 rings (SSSR count). The van der Waals surface area contributed by atoms with Gasteiger partial charge in [0.15, 0.2) is 5.13 Å². The molecule has 6 heteroatoms. The van der Waals surface area contributed by atoms with Gasteiger partial charge in [-0.15, -0.1) is 0 Å². The summed E-state index contributed by atoms with van der Waals surface area (Å²) < 4.78 is 0. The summed E-state index contributed by atoms with van der Waals surface area (Å²) >= 11 is 1.17. The molecule has 0 atom stereocenters. The van der Waals surface area contributed by atoms with Gasteiger partial charge in [-0.3, -0.25) is 14.9 Å². The van der Waals surface area contributed by atoms with E-state index in [4.69, 9.17) is 0 Å². The summed E-state index contributed by atoms with van der Waals surface area (Å²) in [6.45, 7) is 10.1. The molecule has 0 spiro atoms. The van der Waals surface area contributed by atoms with Crippen molar-refractivity contribution in [1.29, 1.82) is 0 Å². The van der Waals surface area contributed by atoms with Gasteiger partial charge in [0.2, 0.25) is 0 Å². The molecule has 0 fully saturated rings. The number of hydrogen-bond donors (Lipinski definition) is 2. The van der Waals surface area contributed by atoms with Gasteiger partial charge >= 0.3 is 0 Å². The van der Waals surface area contributed by atoms with E-state index in [1.165, 1.54) is 11.3 Å². The van der Waals surface area contributed by atoms with Crippen molar-refractivity contribution in [2.45, 2.75) is 40.0 Å². The lowest BCUT2D eigenvalue weighted by atomic mass is 9.87. The standard InChI is InChI=1S/C23H25N3O2S/c1-14-8-6-7-9-18(14)25-21(28)19-15(2)24-22(29-19)26-20(27)16-10-12-17(13-11-16)23(3,4)5/h6-13H,1-5H3,(H,25,28)(H,24,26,27). The summed E-state index contributed by atoms with van der Waals surface area (Å²) in [4.78, 5) is 30.0. The quantitative estimate of drug-likeness (QED) is 0.594. The van der Waals surface area contributed by atoms with Crippen molar-refractivity contribution in [1.82, 2.24) is 4.98 Å². The molecule has 2 aromatic carbocycles. The van der Waals surface area contributed by atoms with Crippen LogP contribution in [0.25, 0.3) is 0 Å². The maximum absolute atomic E-state index is 12.6. The first-order valence-electron chi connectivity index (χ1n) is 9.41. The average Bonchev–Trinajstić information content (AvgIpc) is 3.03. The van der Waals surface area contributed by atoms with Gasteiger partial charge in [0, 0.05) is 11.3 Å². The third-order valence-electron chi connectivity index (χ3n) is 4.63. The van der Waals surface area contributed by atoms with Crippen LogP contribution in [0.1, 0.15) is 57.6 Å². The third-order valence-corrected chi connectivity index (χ3v) is 5.70. The predicted octanol–water partition coefficient (Wildman–Crippen LogP) is 5.56. The number of amides is 2. The maximum atomic E-state index is 12.6. The van der Waals surface area contributed by atoms with Gasteiger partial charge in [-0.05, 0) is 48.6 Å². The van der Waals surface area contributed by atoms with Crippen LogP contribution in [0, 0.1) is 13.8 Å². The first-order valence-corrected chi connectivity index (χ1v) is 10.2. The first-order chi connectivity index (χ1) is 13.6. The molecule has 0 radical (unpaired) electrons. The van der Waals surface area contributed by atoms with Gasteiger partial charge in [0.05, 0.1) is 5.69 Å². The number of aromatic nitrogens is 1. The lowest BCUT2D eigenvalue weighted by molar-refractivity contribution is 0.102. The van der Waals surface area contributed by atoms with E-state index in [1.54, 1.807) is 6.92 Å². The third kappa shape index (κ3) is 4.90. The second-order valence-corrected chi connectivity index (χ2v) is 8.98. The number of hydrogen-bond acceptors (Lipinski definition) is 4. The Hall–Kier alpha value is -2.99. The van der Waals surface area contributed by atoms with Gasteiger partial charge in [-0.2, -0.15) is 0 Å². The van der Waals surface area contributed by atoms with Crippen LogP contribution in [0.2, 0.25) is 0 Å². The first kappa shape index (κ1) is 20.7. The summed E-state index contributed by atoms with van der Waals surface area (Å²) in [5.74, 6) is -0.477. The molecule has 0 saturated carbocycles. The van der Waals surface area contributed by atoms with Crippen molar-refractivity contribution in [2.24, 2.45) is 0 Å². The lowest BCUT2D eigenvalue weighted by Gasteiger charge is -2.18. The zero-order chi connectivity index (χ0) is 21.2. The number of nitrogens with zero attached hydrogens (tertiary/aromatic N) is 1. The molecule has 0 aliphatic carbocycles. The fraction of sp³-hybridized carbons (Fsp3) is 0.261. The van der Waals surface area contributed by atoms with Crippen LogP contribution in [0.5, 0.6) is 0 Å². The highest BCUT2D eigenvalue weighted by atomic mass is 32.1. The van der Waals surface area contributed by atoms with Crippen molar-refractivity contribution >= 4 is 34.0 Å². The molecule has 0 aliphatic rings. The molecule has 2 amide bonds. The number of rotatable bonds is 4. The smallest absolute Gasteiger partial charge is 0.267 e. The average molecular weight is 408 g/mol. The van der Waals surface area contributed by atoms with Gasteiger partial charge in [0.1, 0.15) is 4.88 Å². The van der Waals surface area contributed by atoms with Crippen molar-refractivity contribution in [3.05, 3.63) is 75.8 Å². The number of aryl methyl sites for hydroxylation is 2. The highest BCUT2D eigenvalue weighted by molar-refractivity contribution is 7.17. The Bertz CT molecular complexity index is 1050. The van der Waals surface area contributed by atoms with Crippen molar-refractivity contribution in [3.63, 3.8) is 0 Å². The number of nitrogens with one attached hydrogen (secondary N) is 2. The van der Waals surface area contributed by atoms with E-state index in [-0.39, 0.29) is 17.2 Å². The summed E-state index contributed by atoms with van der Waals surface area (Å²) in [5, 5.41) is 6.11. The van der Waals surface area contributed by atoms with Crippen LogP contribution in [0.3, 0.4) is 0 Å². The Morgan fingerprint density at radius 3 is 2.17 bits per heavy atom. The van der Waals surface area contributed by atoms with E-state index in [0.29, 0.717) is 21.3 Å². The molecule has 150 valence electrons. The van der Waals surface area contributed by atoms with Crippen LogP contribution in [0.15, 0.2) is 48.5 Å². The van der Waals surface area contributed by atoms with Crippen LogP contribution in [-0.4, -0.2) is 16.8 Å². The molecule has 3 aromatic rings. The Morgan fingerprint density at radius 2 is 1.55 bits per heavy atom. The molecule has 2 N–H and O–H groups in total. The number of benzene rings is 2. The van der Waals surface area contributed by atoms with Crippen LogP contribution in [-0.2, 0) is 5.41 Å². The summed E-state index contributed by atoms with van der Waals surface area (Å²) in [5.41, 5.74) is 4.07. The second kappa shape index (κ2) is 8.17. The van der Waals surface area contributed by atoms with Crippen molar-refractivity contribution < 1.29 is 9.59 Å². The molecular formula is C23H25N3O2S. The van der Waals surface area contributed by atoms with E-state index >= 15 is 0 Å². The van der Waals surface area contributed by atoms with Crippen LogP contribution < -0.4 is 10.6 Å². The zero-order valence-electron chi connectivity index (χ0n) is 17.3. The zero-order valence-corrected chi connectivity index (χ0v) is 18.1. The van der Waals surface area contributed by atoms with Gasteiger partial charge < -0.3 is 5.32 Å². The largest absolute Gasteiger partial charge is 0.321 e. The minimum atomic E-state index is -0.245. The van der Waals surface area contributed by atoms with E-state index in [0.717, 1.165) is 16.8 Å². The molecule has 0 aliphatic heterocycles. The highest BCUT2D eigenvalue weighted by Crippen LogP contribution is 2.26. The molecular weight excluding hydrogens is 382 g/mol. The van der Waals surface area contributed by atoms with Gasteiger partial charge in [-0.25, -0.2) is 4.98 Å². The molecule has 1 heterocycles. The fourth-order valence-electron chi connectivity index (χ4n) is 2.84. The number of para-hydroxylation sites is 1. The Labute approximate surface area is 175 Å². The number of carbonyl (C=O) groups excluding carboxylic acids is 2. The van der Waals surface area contributed by atoms with E-state index in [9.17, 15) is 9.59 Å². The molecule has 29 heavy (non-hydrogen) atoms. The van der Waals surface area contributed by atoms with Crippen molar-refractivity contribution in [3.8, 4) is 0 Å². The lowest BCUT2D eigenvalue weighted by Crippen LogP contribution is -2.14. The number of anilines is 2. The Morgan fingerprint density at radius 1 is 0.897 bits per heavy atom. The van der Waals surface area contributed by atoms with E-state index in [2.05, 4.69) is 36.4 Å². The summed E-state index contributed by atoms with van der Waals surface area (Å²) in [7, 11) is 0. The minimum Gasteiger partial charge on any atom is -0.321 e. The Balaban J connectivity index is 1.72. The topological polar surface area (TPSA) is 71.1 Å². The summed E-state index contributed by atoms with van der Waals surface area (Å²) in [6.07, 6.45) is 0. The van der Waals surface area contributed by atoms with Crippen LogP contribution >= 0.6 is 11.3 Å². The van der Waals surface area contributed by atoms with Gasteiger partial charge in [0.25, 0.3) is 11.8 Å². The van der Waals surface area contributed by atoms with Gasteiger partial charge in [-0.1, -0.05) is 62.4 Å². The van der Waals surface area contributed by atoms with Crippen LogP contribution in [0.4, 0.5) is 10.8 Å². The number of thiazole rings is 1. The summed E-state index contributed by atoms with van der Waals surface area (Å²) in [6, 6.07) is 15.1. The molecule has 5 nitrogen and oxygen atoms in total. The molecule has 0 unspecified atom stereocenters. The highest BCUT2D eigenvalue weighted by Gasteiger charge is 2.18. The monoisotopic (exact) mass is 407 g/mol. The number of carbonyl (C=O) groups is 2. The normalized spacial score (nSPS) is 11.2. The fourth-order valence-corrected chi connectivity index (χ4v) is 3.70. The van der Waals surface area contributed by atoms with Crippen molar-refractivity contribution in [2.75, 3.05) is 10.6 Å². The SMILES string of the molecule is Cc1ccccc1NC(=O)c1sc(NC(=O)c2ccc(C(C)(C)C)cc2)nc1C. The van der Waals surface area contributed by atoms with E-state index in [1.807, 2.05) is 55.5 Å². The second-order valence-electron chi connectivity index (χ2n) is 7.98. The Kier molecular flexibility index (Phi) is 5.84. The maximum Gasteiger partial charge on any atom is 0.267 e. The molecule has 0 saturated heterocycles. The van der Waals surface area contributed by atoms with E-state index < -0.39 is 0 Å². The molecule has 0 bridgehead atoms. The molecule has 1 aromatic heterocycles. The minimum absolute atomic E-state index is 0.0286. The predicted molar refractivity (Wildman–Crippen MR) is 119 cm³/mol.